The van der Waals surface area contributed by atoms with Gasteiger partial charge in [0.2, 0.25) is 5.95 Å². The van der Waals surface area contributed by atoms with Crippen molar-refractivity contribution in [3.05, 3.63) is 39.6 Å². The predicted molar refractivity (Wildman–Crippen MR) is 77.1 cm³/mol. The number of nitrogens with zero attached hydrogens (tertiary/aromatic N) is 3. The summed E-state index contributed by atoms with van der Waals surface area (Å²) in [5, 5.41) is 11.3. The lowest BCUT2D eigenvalue weighted by molar-refractivity contribution is -0.385. The minimum atomic E-state index is -0.480. The quantitative estimate of drug-likeness (QED) is 0.670. The van der Waals surface area contributed by atoms with Crippen LogP contribution in [-0.4, -0.2) is 21.5 Å². The summed E-state index contributed by atoms with van der Waals surface area (Å²) in [6.45, 7) is 2.15. The number of fused-ring (bicyclic) bond motifs is 1. The third-order valence-electron chi connectivity index (χ3n) is 3.45. The zero-order valence-corrected chi connectivity index (χ0v) is 11.5. The van der Waals surface area contributed by atoms with Crippen LogP contribution in [0.15, 0.2) is 18.2 Å². The molecule has 7 heteroatoms. The second kappa shape index (κ2) is 5.01. The highest BCUT2D eigenvalue weighted by atomic mass is 16.6. The van der Waals surface area contributed by atoms with Crippen LogP contribution < -0.4 is 10.5 Å². The predicted octanol–water partition coefficient (Wildman–Crippen LogP) is 2.27. The van der Waals surface area contributed by atoms with Crippen LogP contribution in [0.1, 0.15) is 17.7 Å². The highest BCUT2D eigenvalue weighted by molar-refractivity contribution is 5.78. The Labute approximate surface area is 120 Å². The summed E-state index contributed by atoms with van der Waals surface area (Å²) >= 11 is 0. The molecule has 0 atom stereocenters. The molecule has 0 saturated heterocycles. The molecule has 1 aromatic carbocycles. The van der Waals surface area contributed by atoms with Gasteiger partial charge in [0.05, 0.1) is 11.5 Å². The van der Waals surface area contributed by atoms with Crippen molar-refractivity contribution < 1.29 is 9.66 Å². The SMILES string of the molecule is Cc1nc(N)nc(-c2cccc3c2OCCC3)c1[N+](=O)[O-]. The number of anilines is 1. The van der Waals surface area contributed by atoms with Crippen LogP contribution in [0.2, 0.25) is 0 Å². The van der Waals surface area contributed by atoms with Crippen LogP contribution >= 0.6 is 0 Å². The fourth-order valence-corrected chi connectivity index (χ4v) is 2.57. The van der Waals surface area contributed by atoms with Gasteiger partial charge in [0.15, 0.2) is 5.69 Å². The highest BCUT2D eigenvalue weighted by Gasteiger charge is 2.26. The van der Waals surface area contributed by atoms with Gasteiger partial charge in [-0.25, -0.2) is 9.97 Å². The summed E-state index contributed by atoms with van der Waals surface area (Å²) in [6, 6.07) is 5.57. The summed E-state index contributed by atoms with van der Waals surface area (Å²) in [5.74, 6) is 0.672. The molecule has 2 aromatic rings. The summed E-state index contributed by atoms with van der Waals surface area (Å²) in [5.41, 5.74) is 7.61. The molecule has 0 amide bonds. The first kappa shape index (κ1) is 13.3. The first-order valence-corrected chi connectivity index (χ1v) is 6.61. The first-order valence-electron chi connectivity index (χ1n) is 6.61. The smallest absolute Gasteiger partial charge is 0.316 e. The fourth-order valence-electron chi connectivity index (χ4n) is 2.57. The number of rotatable bonds is 2. The van der Waals surface area contributed by atoms with Gasteiger partial charge in [0.25, 0.3) is 0 Å². The molecular formula is C14H14N4O3. The highest BCUT2D eigenvalue weighted by Crippen LogP contribution is 2.40. The van der Waals surface area contributed by atoms with Crippen molar-refractivity contribution >= 4 is 11.6 Å². The van der Waals surface area contributed by atoms with Gasteiger partial charge in [0, 0.05) is 5.56 Å². The maximum absolute atomic E-state index is 11.3. The average molecular weight is 286 g/mol. The molecule has 0 fully saturated rings. The second-order valence-corrected chi connectivity index (χ2v) is 4.87. The van der Waals surface area contributed by atoms with Crippen molar-refractivity contribution in [2.75, 3.05) is 12.3 Å². The Bertz CT molecular complexity index is 730. The molecule has 0 spiro atoms. The number of para-hydroxylation sites is 1. The van der Waals surface area contributed by atoms with Crippen LogP contribution in [0.5, 0.6) is 5.75 Å². The molecule has 3 rings (SSSR count). The van der Waals surface area contributed by atoms with Crippen molar-refractivity contribution in [2.45, 2.75) is 19.8 Å². The van der Waals surface area contributed by atoms with E-state index in [1.54, 1.807) is 13.0 Å². The first-order chi connectivity index (χ1) is 10.1. The standard InChI is InChI=1S/C14H14N4O3/c1-8-12(18(19)20)11(17-14(15)16-8)10-6-2-4-9-5-3-7-21-13(9)10/h2,4,6H,3,5,7H2,1H3,(H2,15,16,17). The van der Waals surface area contributed by atoms with Crippen LogP contribution in [0.25, 0.3) is 11.3 Å². The number of aromatic nitrogens is 2. The number of hydrogen-bond acceptors (Lipinski definition) is 6. The molecule has 0 aliphatic carbocycles. The Hall–Kier alpha value is -2.70. The Morgan fingerprint density at radius 2 is 2.19 bits per heavy atom. The molecule has 7 nitrogen and oxygen atoms in total. The Morgan fingerprint density at radius 1 is 1.38 bits per heavy atom. The summed E-state index contributed by atoms with van der Waals surface area (Å²) < 4.78 is 5.70. The number of benzene rings is 1. The maximum Gasteiger partial charge on any atom is 0.316 e. The van der Waals surface area contributed by atoms with Crippen LogP contribution in [0.3, 0.4) is 0 Å². The van der Waals surface area contributed by atoms with Gasteiger partial charge >= 0.3 is 5.69 Å². The fraction of sp³-hybridized carbons (Fsp3) is 0.286. The minimum Gasteiger partial charge on any atom is -0.493 e. The second-order valence-electron chi connectivity index (χ2n) is 4.87. The minimum absolute atomic E-state index is 0.0153. The van der Waals surface area contributed by atoms with Crippen LogP contribution in [-0.2, 0) is 6.42 Å². The van der Waals surface area contributed by atoms with E-state index in [0.717, 1.165) is 18.4 Å². The molecule has 21 heavy (non-hydrogen) atoms. The van der Waals surface area contributed by atoms with E-state index in [9.17, 15) is 10.1 Å². The van der Waals surface area contributed by atoms with Crippen molar-refractivity contribution in [2.24, 2.45) is 0 Å². The zero-order valence-electron chi connectivity index (χ0n) is 11.5. The Morgan fingerprint density at radius 3 is 2.95 bits per heavy atom. The van der Waals surface area contributed by atoms with E-state index in [1.165, 1.54) is 0 Å². The third kappa shape index (κ3) is 2.26. The lowest BCUT2D eigenvalue weighted by Crippen LogP contribution is -2.11. The molecular weight excluding hydrogens is 272 g/mol. The van der Waals surface area contributed by atoms with E-state index in [4.69, 9.17) is 10.5 Å². The average Bonchev–Trinajstić information content (AvgIpc) is 2.45. The molecule has 1 aromatic heterocycles. The number of ether oxygens (including phenoxy) is 1. The molecule has 0 bridgehead atoms. The summed E-state index contributed by atoms with van der Waals surface area (Å²) in [7, 11) is 0. The van der Waals surface area contributed by atoms with E-state index < -0.39 is 4.92 Å². The van der Waals surface area contributed by atoms with Crippen molar-refractivity contribution in [3.63, 3.8) is 0 Å². The lowest BCUT2D eigenvalue weighted by atomic mass is 9.99. The van der Waals surface area contributed by atoms with Gasteiger partial charge < -0.3 is 10.5 Å². The molecule has 1 aliphatic heterocycles. The number of nitrogen functional groups attached to an aromatic ring is 1. The lowest BCUT2D eigenvalue weighted by Gasteiger charge is -2.20. The van der Waals surface area contributed by atoms with Gasteiger partial charge in [-0.05, 0) is 31.4 Å². The molecule has 0 unspecified atom stereocenters. The van der Waals surface area contributed by atoms with Crippen LogP contribution in [0.4, 0.5) is 11.6 Å². The van der Waals surface area contributed by atoms with E-state index in [1.807, 2.05) is 12.1 Å². The van der Waals surface area contributed by atoms with Gasteiger partial charge in [-0.1, -0.05) is 12.1 Å². The number of hydrogen-bond donors (Lipinski definition) is 1. The maximum atomic E-state index is 11.3. The summed E-state index contributed by atoms with van der Waals surface area (Å²) in [4.78, 5) is 18.8. The molecule has 0 saturated carbocycles. The van der Waals surface area contributed by atoms with Crippen LogP contribution in [0, 0.1) is 17.0 Å². The van der Waals surface area contributed by atoms with E-state index in [0.29, 0.717) is 17.9 Å². The number of aryl methyl sites for hydroxylation is 2. The summed E-state index contributed by atoms with van der Waals surface area (Å²) in [6.07, 6.45) is 1.82. The topological polar surface area (TPSA) is 104 Å². The molecule has 108 valence electrons. The van der Waals surface area contributed by atoms with Gasteiger partial charge in [0.1, 0.15) is 11.4 Å². The monoisotopic (exact) mass is 286 g/mol. The number of nitrogens with two attached hydrogens (primary N) is 1. The van der Waals surface area contributed by atoms with Crippen molar-refractivity contribution in [1.82, 2.24) is 9.97 Å². The van der Waals surface area contributed by atoms with Crippen molar-refractivity contribution in [3.8, 4) is 17.0 Å². The normalized spacial score (nSPS) is 13.4. The van der Waals surface area contributed by atoms with Gasteiger partial charge in [-0.3, -0.25) is 10.1 Å². The zero-order chi connectivity index (χ0) is 15.0. The Kier molecular flexibility index (Phi) is 3.17. The molecule has 2 N–H and O–H groups in total. The number of nitro groups is 1. The van der Waals surface area contributed by atoms with E-state index >= 15 is 0 Å². The Balaban J connectivity index is 2.28. The van der Waals surface area contributed by atoms with Crippen molar-refractivity contribution in [1.29, 1.82) is 0 Å². The van der Waals surface area contributed by atoms with Gasteiger partial charge in [-0.2, -0.15) is 0 Å². The molecule has 2 heterocycles. The van der Waals surface area contributed by atoms with Gasteiger partial charge in [-0.15, -0.1) is 0 Å². The molecule has 1 aliphatic rings. The largest absolute Gasteiger partial charge is 0.493 e. The molecule has 0 radical (unpaired) electrons. The van der Waals surface area contributed by atoms with E-state index in [2.05, 4.69) is 9.97 Å². The third-order valence-corrected chi connectivity index (χ3v) is 3.45. The van der Waals surface area contributed by atoms with E-state index in [-0.39, 0.29) is 23.0 Å².